The van der Waals surface area contributed by atoms with Crippen LogP contribution in [0.3, 0.4) is 0 Å². The van der Waals surface area contributed by atoms with Crippen LogP contribution < -0.4 is 5.32 Å². The number of ketones is 1. The molecule has 3 heterocycles. The molecule has 2 aromatic heterocycles. The van der Waals surface area contributed by atoms with E-state index in [2.05, 4.69) is 31.3 Å². The molecular formula is C13H11BrN4OS. The van der Waals surface area contributed by atoms with Gasteiger partial charge in [0.25, 0.3) is 0 Å². The van der Waals surface area contributed by atoms with E-state index < -0.39 is 0 Å². The number of carbonyl (C=O) groups is 1. The minimum absolute atomic E-state index is 0.146. The molecule has 1 N–H and O–H groups in total. The number of rotatable bonds is 1. The fourth-order valence-electron chi connectivity index (χ4n) is 2.83. The number of hydrogen-bond donors (Lipinski definition) is 1. The number of nitrogens with one attached hydrogen (secondary N) is 1. The molecule has 1 aliphatic heterocycles. The number of anilines is 1. The number of aromatic nitrogens is 3. The lowest BCUT2D eigenvalue weighted by Gasteiger charge is -2.31. The molecule has 102 valence electrons. The second-order valence-corrected chi connectivity index (χ2v) is 7.36. The predicted molar refractivity (Wildman–Crippen MR) is 79.7 cm³/mol. The van der Waals surface area contributed by atoms with E-state index in [-0.39, 0.29) is 11.8 Å². The molecule has 2 aromatic rings. The van der Waals surface area contributed by atoms with Gasteiger partial charge < -0.3 is 5.32 Å². The van der Waals surface area contributed by atoms with E-state index in [1.807, 2.05) is 12.1 Å². The fourth-order valence-corrected chi connectivity index (χ4v) is 4.35. The topological polar surface area (TPSA) is 59.8 Å². The largest absolute Gasteiger partial charge is 0.328 e. The lowest BCUT2D eigenvalue weighted by atomic mass is 9.88. The molecule has 0 amide bonds. The summed E-state index contributed by atoms with van der Waals surface area (Å²) in [6.07, 6.45) is 3.95. The first-order chi connectivity index (χ1) is 9.74. The summed E-state index contributed by atoms with van der Waals surface area (Å²) in [6.45, 7) is 0. The Kier molecular flexibility index (Phi) is 2.78. The average Bonchev–Trinajstić information content (AvgIpc) is 3.05. The van der Waals surface area contributed by atoms with Gasteiger partial charge in [-0.2, -0.15) is 10.1 Å². The van der Waals surface area contributed by atoms with Crippen molar-refractivity contribution in [2.24, 2.45) is 0 Å². The molecule has 0 saturated heterocycles. The molecule has 0 spiro atoms. The first-order valence-corrected chi connectivity index (χ1v) is 8.03. The molecule has 20 heavy (non-hydrogen) atoms. The number of hydrogen-bond acceptors (Lipinski definition) is 5. The Morgan fingerprint density at radius 3 is 3.10 bits per heavy atom. The summed E-state index contributed by atoms with van der Waals surface area (Å²) < 4.78 is 2.86. The predicted octanol–water partition coefficient (Wildman–Crippen LogP) is 3.12. The summed E-state index contributed by atoms with van der Waals surface area (Å²) in [5.41, 5.74) is 1.86. The van der Waals surface area contributed by atoms with Gasteiger partial charge in [0.15, 0.2) is 5.78 Å². The molecule has 0 fully saturated rings. The quantitative estimate of drug-likeness (QED) is 0.858. The lowest BCUT2D eigenvalue weighted by Crippen LogP contribution is -2.31. The number of thiophene rings is 1. The minimum Gasteiger partial charge on any atom is -0.328 e. The highest BCUT2D eigenvalue weighted by Gasteiger charge is 2.36. The Morgan fingerprint density at radius 2 is 2.30 bits per heavy atom. The molecular weight excluding hydrogens is 340 g/mol. The van der Waals surface area contributed by atoms with Crippen molar-refractivity contribution in [1.82, 2.24) is 14.8 Å². The van der Waals surface area contributed by atoms with E-state index in [0.717, 1.165) is 32.8 Å². The van der Waals surface area contributed by atoms with Crippen LogP contribution in [0.4, 0.5) is 5.95 Å². The van der Waals surface area contributed by atoms with Gasteiger partial charge in [-0.05, 0) is 40.9 Å². The SMILES string of the molecule is O=C1CCCC2=C1[C@@H](c1ccc(Br)s1)n1ncnc1N2. The molecule has 5 nitrogen and oxygen atoms in total. The zero-order valence-electron chi connectivity index (χ0n) is 10.5. The van der Waals surface area contributed by atoms with Crippen molar-refractivity contribution in [3.8, 4) is 0 Å². The monoisotopic (exact) mass is 350 g/mol. The Balaban J connectivity index is 1.92. The fraction of sp³-hybridized carbons (Fsp3) is 0.308. The van der Waals surface area contributed by atoms with E-state index in [1.165, 1.54) is 6.33 Å². The molecule has 0 unspecified atom stereocenters. The molecule has 1 atom stereocenters. The highest BCUT2D eigenvalue weighted by Crippen LogP contribution is 2.42. The Bertz CT molecular complexity index is 732. The van der Waals surface area contributed by atoms with Gasteiger partial charge in [-0.1, -0.05) is 0 Å². The highest BCUT2D eigenvalue weighted by molar-refractivity contribution is 9.11. The standard InChI is InChI=1S/C13H11BrN4OS/c14-10-5-4-9(20-10)12-11-7(2-1-3-8(11)19)17-13-15-6-16-18(12)13/h4-6,12H,1-3H2,(H,15,16,17)/t12-/m1/s1. The third kappa shape index (κ3) is 1.76. The van der Waals surface area contributed by atoms with Crippen LogP contribution in [0.1, 0.15) is 30.2 Å². The third-order valence-corrected chi connectivity index (χ3v) is 5.35. The molecule has 0 bridgehead atoms. The van der Waals surface area contributed by atoms with Crippen molar-refractivity contribution < 1.29 is 4.79 Å². The summed E-state index contributed by atoms with van der Waals surface area (Å²) in [4.78, 5) is 17.7. The maximum Gasteiger partial charge on any atom is 0.226 e. The van der Waals surface area contributed by atoms with Crippen LogP contribution in [-0.4, -0.2) is 20.5 Å². The molecule has 4 rings (SSSR count). The Labute approximate surface area is 127 Å². The number of nitrogens with zero attached hydrogens (tertiary/aromatic N) is 3. The van der Waals surface area contributed by atoms with Crippen LogP contribution in [0.5, 0.6) is 0 Å². The number of fused-ring (bicyclic) bond motifs is 1. The van der Waals surface area contributed by atoms with E-state index in [0.29, 0.717) is 12.4 Å². The van der Waals surface area contributed by atoms with E-state index in [4.69, 9.17) is 0 Å². The molecule has 7 heteroatoms. The van der Waals surface area contributed by atoms with Gasteiger partial charge in [0.05, 0.1) is 3.79 Å². The van der Waals surface area contributed by atoms with Gasteiger partial charge in [-0.3, -0.25) is 4.79 Å². The van der Waals surface area contributed by atoms with Gasteiger partial charge in [-0.25, -0.2) is 4.68 Å². The summed E-state index contributed by atoms with van der Waals surface area (Å²) in [6, 6.07) is 3.90. The van der Waals surface area contributed by atoms with Gasteiger partial charge in [0.2, 0.25) is 5.95 Å². The zero-order valence-corrected chi connectivity index (χ0v) is 12.9. The minimum atomic E-state index is -0.146. The average molecular weight is 351 g/mol. The third-order valence-electron chi connectivity index (χ3n) is 3.67. The maximum atomic E-state index is 12.4. The molecule has 0 saturated carbocycles. The van der Waals surface area contributed by atoms with E-state index in [1.54, 1.807) is 16.0 Å². The summed E-state index contributed by atoms with van der Waals surface area (Å²) in [7, 11) is 0. The Hall–Kier alpha value is -1.47. The van der Waals surface area contributed by atoms with Gasteiger partial charge in [0.1, 0.15) is 12.4 Å². The van der Waals surface area contributed by atoms with Crippen LogP contribution in [0.2, 0.25) is 0 Å². The van der Waals surface area contributed by atoms with Crippen LogP contribution >= 0.6 is 27.3 Å². The second kappa shape index (κ2) is 4.53. The number of carbonyl (C=O) groups excluding carboxylic acids is 1. The first kappa shape index (κ1) is 12.3. The summed E-state index contributed by atoms with van der Waals surface area (Å²) in [5, 5.41) is 7.55. The molecule has 1 aliphatic carbocycles. The molecule has 0 radical (unpaired) electrons. The molecule has 2 aliphatic rings. The van der Waals surface area contributed by atoms with Gasteiger partial charge >= 0.3 is 0 Å². The van der Waals surface area contributed by atoms with Crippen LogP contribution in [0, 0.1) is 0 Å². The summed E-state index contributed by atoms with van der Waals surface area (Å²) in [5.74, 6) is 0.933. The number of halogens is 1. The van der Waals surface area contributed by atoms with Gasteiger partial charge in [-0.15, -0.1) is 11.3 Å². The second-order valence-electron chi connectivity index (χ2n) is 4.87. The smallest absolute Gasteiger partial charge is 0.226 e. The van der Waals surface area contributed by atoms with Crippen molar-refractivity contribution in [3.05, 3.63) is 38.4 Å². The van der Waals surface area contributed by atoms with Crippen molar-refractivity contribution >= 4 is 39.0 Å². The van der Waals surface area contributed by atoms with Crippen molar-refractivity contribution in [2.75, 3.05) is 5.32 Å². The van der Waals surface area contributed by atoms with E-state index in [9.17, 15) is 4.79 Å². The van der Waals surface area contributed by atoms with Crippen molar-refractivity contribution in [3.63, 3.8) is 0 Å². The van der Waals surface area contributed by atoms with E-state index >= 15 is 0 Å². The van der Waals surface area contributed by atoms with Crippen molar-refractivity contribution in [1.29, 1.82) is 0 Å². The van der Waals surface area contributed by atoms with Crippen LogP contribution in [0.15, 0.2) is 33.5 Å². The summed E-state index contributed by atoms with van der Waals surface area (Å²) >= 11 is 5.12. The number of Topliss-reactive ketones (excluding diaryl/α,β-unsaturated/α-hetero) is 1. The van der Waals surface area contributed by atoms with Crippen LogP contribution in [0.25, 0.3) is 0 Å². The first-order valence-electron chi connectivity index (χ1n) is 6.42. The Morgan fingerprint density at radius 1 is 1.40 bits per heavy atom. The van der Waals surface area contributed by atoms with Crippen LogP contribution in [-0.2, 0) is 4.79 Å². The highest BCUT2D eigenvalue weighted by atomic mass is 79.9. The van der Waals surface area contributed by atoms with Gasteiger partial charge in [0, 0.05) is 22.6 Å². The zero-order chi connectivity index (χ0) is 13.7. The molecule has 0 aromatic carbocycles. The lowest BCUT2D eigenvalue weighted by molar-refractivity contribution is -0.116. The number of allylic oxidation sites excluding steroid dienone is 2. The van der Waals surface area contributed by atoms with Crippen molar-refractivity contribution in [2.45, 2.75) is 25.3 Å². The normalized spacial score (nSPS) is 21.4. The maximum absolute atomic E-state index is 12.4.